The van der Waals surface area contributed by atoms with Crippen molar-refractivity contribution >= 4 is 0 Å². The van der Waals surface area contributed by atoms with Crippen LogP contribution >= 0.6 is 0 Å². The first-order valence-electron chi connectivity index (χ1n) is 9.43. The number of ether oxygens (including phenoxy) is 1. The first-order chi connectivity index (χ1) is 12.3. The molecule has 1 aromatic heterocycles. The van der Waals surface area contributed by atoms with Crippen LogP contribution in [0.2, 0.25) is 0 Å². The number of aromatic nitrogens is 2. The molecule has 5 heterocycles. The number of imidazole rings is 1. The Kier molecular flexibility index (Phi) is 3.79. The first-order valence-corrected chi connectivity index (χ1v) is 9.43. The third-order valence-electron chi connectivity index (χ3n) is 6.57. The SMILES string of the molecule is COc1ccc([C@@H]2CN(Cc3cnc[nH]3)[C@@H]3C4CCN(CC4)[C@@H]32)cc1. The zero-order valence-corrected chi connectivity index (χ0v) is 14.8. The molecule has 5 nitrogen and oxygen atoms in total. The van der Waals surface area contributed by atoms with Gasteiger partial charge in [-0.15, -0.1) is 0 Å². The molecular formula is C20H26N4O. The number of aromatic amines is 1. The van der Waals surface area contributed by atoms with Crippen LogP contribution in [0.15, 0.2) is 36.8 Å². The molecule has 1 N–H and O–H groups in total. The second kappa shape index (κ2) is 6.15. The first kappa shape index (κ1) is 15.4. The number of piperidine rings is 3. The summed E-state index contributed by atoms with van der Waals surface area (Å²) in [5.41, 5.74) is 2.68. The molecule has 0 aliphatic carbocycles. The average Bonchev–Trinajstić information content (AvgIpc) is 3.32. The van der Waals surface area contributed by atoms with E-state index in [0.717, 1.165) is 24.8 Å². The summed E-state index contributed by atoms with van der Waals surface area (Å²) in [5, 5.41) is 0. The number of likely N-dealkylation sites (tertiary alicyclic amines) is 1. The molecule has 0 unspecified atom stereocenters. The smallest absolute Gasteiger partial charge is 0.118 e. The number of benzene rings is 1. The summed E-state index contributed by atoms with van der Waals surface area (Å²) in [6, 6.07) is 10.1. The molecule has 6 rings (SSSR count). The molecule has 4 aliphatic heterocycles. The topological polar surface area (TPSA) is 44.4 Å². The van der Waals surface area contributed by atoms with E-state index in [1.54, 1.807) is 13.4 Å². The maximum absolute atomic E-state index is 5.35. The van der Waals surface area contributed by atoms with Gasteiger partial charge in [0.1, 0.15) is 5.75 Å². The molecule has 0 spiro atoms. The van der Waals surface area contributed by atoms with Crippen LogP contribution in [-0.2, 0) is 6.54 Å². The van der Waals surface area contributed by atoms with Gasteiger partial charge in [-0.3, -0.25) is 9.80 Å². The van der Waals surface area contributed by atoms with Crippen LogP contribution in [0.3, 0.4) is 0 Å². The van der Waals surface area contributed by atoms with Gasteiger partial charge < -0.3 is 9.72 Å². The van der Waals surface area contributed by atoms with Crippen LogP contribution < -0.4 is 4.74 Å². The van der Waals surface area contributed by atoms with Crippen molar-refractivity contribution in [3.8, 4) is 5.75 Å². The monoisotopic (exact) mass is 338 g/mol. The molecule has 2 aromatic rings. The van der Waals surface area contributed by atoms with Gasteiger partial charge >= 0.3 is 0 Å². The largest absolute Gasteiger partial charge is 0.497 e. The molecule has 2 bridgehead atoms. The van der Waals surface area contributed by atoms with Gasteiger partial charge in [0.05, 0.1) is 13.4 Å². The lowest BCUT2D eigenvalue weighted by molar-refractivity contribution is -0.00895. The number of H-pyrrole nitrogens is 1. The van der Waals surface area contributed by atoms with Gasteiger partial charge in [-0.1, -0.05) is 12.1 Å². The fraction of sp³-hybridized carbons (Fsp3) is 0.550. The number of nitrogens with zero attached hydrogens (tertiary/aromatic N) is 3. The molecule has 0 saturated carbocycles. The summed E-state index contributed by atoms with van der Waals surface area (Å²) in [5.74, 6) is 2.38. The normalized spacial score (nSPS) is 34.2. The number of nitrogens with one attached hydrogen (secondary N) is 1. The Hall–Kier alpha value is -1.85. The highest BCUT2D eigenvalue weighted by molar-refractivity contribution is 5.33. The zero-order chi connectivity index (χ0) is 16.8. The second-order valence-electron chi connectivity index (χ2n) is 7.74. The Labute approximate surface area is 149 Å². The second-order valence-corrected chi connectivity index (χ2v) is 7.74. The van der Waals surface area contributed by atoms with Crippen LogP contribution in [0.25, 0.3) is 0 Å². The number of fused-ring (bicyclic) bond motifs is 2. The van der Waals surface area contributed by atoms with Crippen molar-refractivity contribution in [1.29, 1.82) is 0 Å². The summed E-state index contributed by atoms with van der Waals surface area (Å²) in [6.45, 7) is 4.67. The van der Waals surface area contributed by atoms with Gasteiger partial charge in [0, 0.05) is 43.0 Å². The minimum atomic E-state index is 0.585. The van der Waals surface area contributed by atoms with Gasteiger partial charge in [-0.05, 0) is 49.5 Å². The summed E-state index contributed by atoms with van der Waals surface area (Å²) in [6.07, 6.45) is 6.48. The predicted octanol–water partition coefficient (Wildman–Crippen LogP) is 2.48. The fourth-order valence-corrected chi connectivity index (χ4v) is 5.46. The van der Waals surface area contributed by atoms with Crippen LogP contribution in [0.1, 0.15) is 30.0 Å². The number of methoxy groups -OCH3 is 1. The van der Waals surface area contributed by atoms with Crippen LogP contribution in [0, 0.1) is 5.92 Å². The lowest BCUT2D eigenvalue weighted by Gasteiger charge is -2.51. The summed E-state index contributed by atoms with van der Waals surface area (Å²) in [4.78, 5) is 13.0. The Morgan fingerprint density at radius 1 is 1.16 bits per heavy atom. The number of hydrogen-bond donors (Lipinski definition) is 1. The Bertz CT molecular complexity index is 706. The van der Waals surface area contributed by atoms with E-state index in [0.29, 0.717) is 18.0 Å². The lowest BCUT2D eigenvalue weighted by Crippen LogP contribution is -2.59. The van der Waals surface area contributed by atoms with E-state index in [1.807, 2.05) is 6.20 Å². The third-order valence-corrected chi connectivity index (χ3v) is 6.57. The number of hydrogen-bond acceptors (Lipinski definition) is 4. The molecule has 0 amide bonds. The third kappa shape index (κ3) is 2.57. The van der Waals surface area contributed by atoms with Gasteiger partial charge in [-0.25, -0.2) is 4.98 Å². The minimum absolute atomic E-state index is 0.585. The van der Waals surface area contributed by atoms with Crippen molar-refractivity contribution in [2.24, 2.45) is 5.92 Å². The van der Waals surface area contributed by atoms with Gasteiger partial charge in [0.15, 0.2) is 0 Å². The number of rotatable bonds is 4. The van der Waals surface area contributed by atoms with E-state index in [4.69, 9.17) is 4.74 Å². The quantitative estimate of drug-likeness (QED) is 0.930. The maximum Gasteiger partial charge on any atom is 0.118 e. The molecule has 1 aromatic carbocycles. The molecule has 132 valence electrons. The van der Waals surface area contributed by atoms with Crippen molar-refractivity contribution in [2.75, 3.05) is 26.7 Å². The van der Waals surface area contributed by atoms with Gasteiger partial charge in [-0.2, -0.15) is 0 Å². The van der Waals surface area contributed by atoms with E-state index >= 15 is 0 Å². The van der Waals surface area contributed by atoms with Crippen molar-refractivity contribution < 1.29 is 4.74 Å². The zero-order valence-electron chi connectivity index (χ0n) is 14.8. The fourth-order valence-electron chi connectivity index (χ4n) is 5.46. The molecule has 0 radical (unpaired) electrons. The predicted molar refractivity (Wildman–Crippen MR) is 96.6 cm³/mol. The standard InChI is InChI=1S/C20H26N4O/c1-25-17-4-2-14(3-5-17)18-12-24(11-16-10-21-13-22-16)19-15-6-8-23(9-7-15)20(18)19/h2-5,10,13,15,18-20H,6-9,11-12H2,1H3,(H,21,22)/t18-,19+,20+/m0/s1. The van der Waals surface area contributed by atoms with Crippen molar-refractivity contribution in [3.63, 3.8) is 0 Å². The summed E-state index contributed by atoms with van der Waals surface area (Å²) < 4.78 is 5.35. The van der Waals surface area contributed by atoms with E-state index in [-0.39, 0.29) is 0 Å². The van der Waals surface area contributed by atoms with E-state index in [2.05, 4.69) is 44.0 Å². The van der Waals surface area contributed by atoms with Crippen molar-refractivity contribution in [3.05, 3.63) is 48.0 Å². The minimum Gasteiger partial charge on any atom is -0.497 e. The summed E-state index contributed by atoms with van der Waals surface area (Å²) in [7, 11) is 1.73. The van der Waals surface area contributed by atoms with Gasteiger partial charge in [0.2, 0.25) is 0 Å². The van der Waals surface area contributed by atoms with Crippen molar-refractivity contribution in [2.45, 2.75) is 37.4 Å². The van der Waals surface area contributed by atoms with E-state index in [1.165, 1.54) is 37.2 Å². The summed E-state index contributed by atoms with van der Waals surface area (Å²) >= 11 is 0. The Morgan fingerprint density at radius 2 is 1.96 bits per heavy atom. The molecule has 5 heteroatoms. The van der Waals surface area contributed by atoms with Crippen LogP contribution in [0.4, 0.5) is 0 Å². The molecule has 3 atom stereocenters. The highest BCUT2D eigenvalue weighted by atomic mass is 16.5. The molecular weight excluding hydrogens is 312 g/mol. The highest BCUT2D eigenvalue weighted by Crippen LogP contribution is 2.47. The molecule has 25 heavy (non-hydrogen) atoms. The van der Waals surface area contributed by atoms with E-state index in [9.17, 15) is 0 Å². The van der Waals surface area contributed by atoms with Crippen molar-refractivity contribution in [1.82, 2.24) is 19.8 Å². The lowest BCUT2D eigenvalue weighted by atomic mass is 9.75. The average molecular weight is 338 g/mol. The van der Waals surface area contributed by atoms with E-state index < -0.39 is 0 Å². The molecule has 4 fully saturated rings. The molecule has 4 saturated heterocycles. The van der Waals surface area contributed by atoms with Gasteiger partial charge in [0.25, 0.3) is 0 Å². The maximum atomic E-state index is 5.35. The van der Waals surface area contributed by atoms with Crippen LogP contribution in [0.5, 0.6) is 5.75 Å². The van der Waals surface area contributed by atoms with Crippen LogP contribution in [-0.4, -0.2) is 58.6 Å². The Balaban J connectivity index is 1.46. The highest BCUT2D eigenvalue weighted by Gasteiger charge is 2.53. The molecule has 4 aliphatic rings. The Morgan fingerprint density at radius 3 is 2.64 bits per heavy atom.